The zero-order valence-electron chi connectivity index (χ0n) is 17.0. The van der Waals surface area contributed by atoms with Gasteiger partial charge in [-0.1, -0.05) is 56.2 Å². The smallest absolute Gasteiger partial charge is 0.344 e. The van der Waals surface area contributed by atoms with Crippen molar-refractivity contribution in [1.29, 1.82) is 0 Å². The van der Waals surface area contributed by atoms with Crippen LogP contribution in [0.2, 0.25) is 0 Å². The average Bonchev–Trinajstić information content (AvgIpc) is 3.19. The van der Waals surface area contributed by atoms with Crippen LogP contribution in [-0.2, 0) is 19.7 Å². The molecule has 0 spiro atoms. The number of rotatable bonds is 7. The molecule has 0 saturated carbocycles. The van der Waals surface area contributed by atoms with Crippen molar-refractivity contribution in [3.8, 4) is 17.2 Å². The number of anilines is 1. The zero-order chi connectivity index (χ0) is 21.6. The van der Waals surface area contributed by atoms with Crippen LogP contribution < -0.4 is 10.1 Å². The molecule has 1 heterocycles. The Hall–Kier alpha value is -3.68. The summed E-state index contributed by atoms with van der Waals surface area (Å²) in [4.78, 5) is 23.7. The van der Waals surface area contributed by atoms with Crippen molar-refractivity contribution in [3.05, 3.63) is 60.2 Å². The Labute approximate surface area is 174 Å². The van der Waals surface area contributed by atoms with Crippen LogP contribution in [0.1, 0.15) is 26.3 Å². The van der Waals surface area contributed by atoms with Crippen molar-refractivity contribution < 1.29 is 23.5 Å². The van der Waals surface area contributed by atoms with E-state index in [9.17, 15) is 9.59 Å². The molecule has 0 unspecified atom stereocenters. The van der Waals surface area contributed by atoms with Gasteiger partial charge in [-0.05, 0) is 35.2 Å². The second-order valence-electron chi connectivity index (χ2n) is 7.55. The largest absolute Gasteiger partial charge is 0.482 e. The number of benzene rings is 2. The summed E-state index contributed by atoms with van der Waals surface area (Å²) in [7, 11) is 0. The van der Waals surface area contributed by atoms with Crippen LogP contribution in [0.4, 0.5) is 6.01 Å². The van der Waals surface area contributed by atoms with Gasteiger partial charge in [0, 0.05) is 5.56 Å². The van der Waals surface area contributed by atoms with E-state index in [4.69, 9.17) is 13.9 Å². The zero-order valence-corrected chi connectivity index (χ0v) is 17.0. The molecule has 3 aromatic rings. The number of nitrogens with one attached hydrogen (secondary N) is 1. The molecular weight excluding hydrogens is 386 g/mol. The molecule has 156 valence electrons. The summed E-state index contributed by atoms with van der Waals surface area (Å²) >= 11 is 0. The number of hydrogen-bond acceptors (Lipinski definition) is 7. The molecule has 1 amide bonds. The number of ether oxygens (including phenoxy) is 2. The Kier molecular flexibility index (Phi) is 6.46. The van der Waals surface area contributed by atoms with Crippen molar-refractivity contribution in [2.75, 3.05) is 18.5 Å². The summed E-state index contributed by atoms with van der Waals surface area (Å²) in [6.07, 6.45) is 0. The molecule has 0 aliphatic heterocycles. The average molecular weight is 409 g/mol. The Morgan fingerprint density at radius 2 is 1.67 bits per heavy atom. The first kappa shape index (κ1) is 21.0. The van der Waals surface area contributed by atoms with Crippen molar-refractivity contribution in [3.63, 3.8) is 0 Å². The van der Waals surface area contributed by atoms with Crippen LogP contribution in [0.25, 0.3) is 11.5 Å². The lowest BCUT2D eigenvalue weighted by molar-refractivity contribution is -0.149. The van der Waals surface area contributed by atoms with Gasteiger partial charge in [0.2, 0.25) is 5.89 Å². The van der Waals surface area contributed by atoms with Gasteiger partial charge >= 0.3 is 12.0 Å². The van der Waals surface area contributed by atoms with Crippen molar-refractivity contribution >= 4 is 17.9 Å². The quantitative estimate of drug-likeness (QED) is 0.595. The molecule has 0 fully saturated rings. The van der Waals surface area contributed by atoms with Gasteiger partial charge in [0.25, 0.3) is 5.91 Å². The fraction of sp³-hybridized carbons (Fsp3) is 0.273. The topological polar surface area (TPSA) is 104 Å². The fourth-order valence-electron chi connectivity index (χ4n) is 2.51. The molecule has 0 saturated heterocycles. The van der Waals surface area contributed by atoms with Gasteiger partial charge in [-0.2, -0.15) is 0 Å². The molecule has 0 aliphatic rings. The fourth-order valence-corrected chi connectivity index (χ4v) is 2.51. The SMILES string of the molecule is CC(C)(C)c1ccc(OCC(=O)OCC(=O)Nc2nnc(-c3ccccc3)o2)cc1. The van der Waals surface area contributed by atoms with Gasteiger partial charge in [0.15, 0.2) is 13.2 Å². The predicted octanol–water partition coefficient (Wildman–Crippen LogP) is 3.59. The summed E-state index contributed by atoms with van der Waals surface area (Å²) < 4.78 is 15.7. The van der Waals surface area contributed by atoms with Crippen LogP contribution in [0, 0.1) is 0 Å². The summed E-state index contributed by atoms with van der Waals surface area (Å²) in [6, 6.07) is 16.5. The minimum atomic E-state index is -0.666. The molecule has 2 aromatic carbocycles. The van der Waals surface area contributed by atoms with Crippen molar-refractivity contribution in [2.24, 2.45) is 0 Å². The van der Waals surface area contributed by atoms with Crippen LogP contribution in [0.15, 0.2) is 59.0 Å². The van der Waals surface area contributed by atoms with E-state index in [1.54, 1.807) is 24.3 Å². The third-order valence-corrected chi connectivity index (χ3v) is 4.13. The highest BCUT2D eigenvalue weighted by Crippen LogP contribution is 2.24. The lowest BCUT2D eigenvalue weighted by atomic mass is 9.87. The number of hydrogen-bond donors (Lipinski definition) is 1. The van der Waals surface area contributed by atoms with E-state index in [0.29, 0.717) is 5.75 Å². The monoisotopic (exact) mass is 409 g/mol. The first-order chi connectivity index (χ1) is 14.3. The maximum absolute atomic E-state index is 11.9. The Balaban J connectivity index is 1.41. The first-order valence-electron chi connectivity index (χ1n) is 9.39. The van der Waals surface area contributed by atoms with Crippen LogP contribution in [0.3, 0.4) is 0 Å². The van der Waals surface area contributed by atoms with Gasteiger partial charge in [-0.3, -0.25) is 10.1 Å². The molecule has 0 atom stereocenters. The minimum Gasteiger partial charge on any atom is -0.482 e. The third kappa shape index (κ3) is 5.91. The number of esters is 1. The van der Waals surface area contributed by atoms with Gasteiger partial charge < -0.3 is 13.9 Å². The lowest BCUT2D eigenvalue weighted by Gasteiger charge is -2.19. The summed E-state index contributed by atoms with van der Waals surface area (Å²) in [5.74, 6) is -0.445. The van der Waals surface area contributed by atoms with Gasteiger partial charge in [-0.25, -0.2) is 4.79 Å². The van der Waals surface area contributed by atoms with Crippen LogP contribution in [-0.4, -0.2) is 35.3 Å². The van der Waals surface area contributed by atoms with Crippen LogP contribution in [0.5, 0.6) is 5.75 Å². The van der Waals surface area contributed by atoms with E-state index >= 15 is 0 Å². The molecule has 8 nitrogen and oxygen atoms in total. The summed E-state index contributed by atoms with van der Waals surface area (Å²) in [6.45, 7) is 5.54. The highest BCUT2D eigenvalue weighted by molar-refractivity contribution is 5.91. The molecule has 1 aromatic heterocycles. The second kappa shape index (κ2) is 9.21. The molecular formula is C22H23N3O5. The summed E-state index contributed by atoms with van der Waals surface area (Å²) in [5, 5.41) is 9.99. The molecule has 1 N–H and O–H groups in total. The molecule has 0 bridgehead atoms. The van der Waals surface area contributed by atoms with Crippen molar-refractivity contribution in [1.82, 2.24) is 10.2 Å². The maximum Gasteiger partial charge on any atom is 0.344 e. The second-order valence-corrected chi connectivity index (χ2v) is 7.55. The molecule has 0 radical (unpaired) electrons. The Bertz CT molecular complexity index is 992. The highest BCUT2D eigenvalue weighted by atomic mass is 16.6. The lowest BCUT2D eigenvalue weighted by Crippen LogP contribution is -2.23. The first-order valence-corrected chi connectivity index (χ1v) is 9.39. The van der Waals surface area contributed by atoms with Gasteiger partial charge in [0.1, 0.15) is 5.75 Å². The van der Waals surface area contributed by atoms with E-state index < -0.39 is 18.5 Å². The van der Waals surface area contributed by atoms with E-state index in [1.165, 1.54) is 0 Å². The van der Waals surface area contributed by atoms with E-state index in [2.05, 4.69) is 36.3 Å². The molecule has 0 aliphatic carbocycles. The number of amides is 1. The standard InChI is InChI=1S/C22H23N3O5/c1-22(2,3)16-9-11-17(12-10-16)28-14-19(27)29-13-18(26)23-21-25-24-20(30-21)15-7-5-4-6-8-15/h4-12H,13-14H2,1-3H3,(H,23,25,26). The molecule has 30 heavy (non-hydrogen) atoms. The number of carbonyl (C=O) groups excluding carboxylic acids is 2. The third-order valence-electron chi connectivity index (χ3n) is 4.13. The number of nitrogens with zero attached hydrogens (tertiary/aromatic N) is 2. The van der Waals surface area contributed by atoms with Crippen molar-refractivity contribution in [2.45, 2.75) is 26.2 Å². The molecule has 3 rings (SSSR count). The normalized spacial score (nSPS) is 11.0. The van der Waals surface area contributed by atoms with E-state index in [0.717, 1.165) is 11.1 Å². The predicted molar refractivity (Wildman–Crippen MR) is 110 cm³/mol. The van der Waals surface area contributed by atoms with E-state index in [1.807, 2.05) is 30.3 Å². The summed E-state index contributed by atoms with van der Waals surface area (Å²) in [5.41, 5.74) is 1.92. The number of carbonyl (C=O) groups is 2. The van der Waals surface area contributed by atoms with Crippen LogP contribution >= 0.6 is 0 Å². The van der Waals surface area contributed by atoms with E-state index in [-0.39, 0.29) is 23.9 Å². The maximum atomic E-state index is 11.9. The Morgan fingerprint density at radius 1 is 0.967 bits per heavy atom. The highest BCUT2D eigenvalue weighted by Gasteiger charge is 2.15. The van der Waals surface area contributed by atoms with Gasteiger partial charge in [-0.15, -0.1) is 5.10 Å². The number of aromatic nitrogens is 2. The molecule has 8 heteroatoms. The Morgan fingerprint density at radius 3 is 2.33 bits per heavy atom. The van der Waals surface area contributed by atoms with Gasteiger partial charge in [0.05, 0.1) is 0 Å². The minimum absolute atomic E-state index is 0.0328.